The van der Waals surface area contributed by atoms with Crippen LogP contribution in [-0.4, -0.2) is 24.8 Å². The topological polar surface area (TPSA) is 87.2 Å². The van der Waals surface area contributed by atoms with Crippen LogP contribution in [0.15, 0.2) is 70.8 Å². The monoisotopic (exact) mass is 344 g/mol. The molecule has 0 saturated heterocycles. The number of aromatic amines is 1. The Bertz CT molecular complexity index is 951. The van der Waals surface area contributed by atoms with Crippen LogP contribution in [0.25, 0.3) is 11.3 Å². The van der Waals surface area contributed by atoms with Crippen LogP contribution in [0.5, 0.6) is 0 Å². The van der Waals surface area contributed by atoms with Crippen molar-refractivity contribution in [3.05, 3.63) is 72.2 Å². The fourth-order valence-corrected chi connectivity index (χ4v) is 2.87. The molecule has 1 heterocycles. The Hall–Kier alpha value is -3.00. The van der Waals surface area contributed by atoms with Gasteiger partial charge in [0.05, 0.1) is 23.0 Å². The third-order valence-electron chi connectivity index (χ3n) is 3.23. The molecule has 0 atom stereocenters. The van der Waals surface area contributed by atoms with E-state index in [1.807, 2.05) is 0 Å². The third kappa shape index (κ3) is 3.49. The minimum Gasteiger partial charge on any atom is -0.277 e. The van der Waals surface area contributed by atoms with Crippen LogP contribution >= 0.6 is 0 Å². The first-order valence-electron chi connectivity index (χ1n) is 6.95. The molecule has 0 aliphatic heterocycles. The molecule has 0 bridgehead atoms. The predicted octanol–water partition coefficient (Wildman–Crippen LogP) is 2.53. The first kappa shape index (κ1) is 15.9. The second-order valence-corrected chi connectivity index (χ2v) is 6.53. The number of halogens is 1. The highest BCUT2D eigenvalue weighted by Crippen LogP contribution is 2.20. The lowest BCUT2D eigenvalue weighted by Gasteiger charge is -2.03. The van der Waals surface area contributed by atoms with E-state index in [-0.39, 0.29) is 10.7 Å². The smallest absolute Gasteiger partial charge is 0.276 e. The average Bonchev–Trinajstić information content (AvgIpc) is 3.05. The Morgan fingerprint density at radius 2 is 1.79 bits per heavy atom. The van der Waals surface area contributed by atoms with Crippen molar-refractivity contribution < 1.29 is 12.8 Å². The summed E-state index contributed by atoms with van der Waals surface area (Å²) in [7, 11) is -3.72. The summed E-state index contributed by atoms with van der Waals surface area (Å²) < 4.78 is 37.1. The lowest BCUT2D eigenvalue weighted by atomic mass is 10.1. The van der Waals surface area contributed by atoms with Crippen LogP contribution in [0.4, 0.5) is 4.39 Å². The SMILES string of the molecule is O=S(=O)(N/N=C\c1cn[nH]c1-c1ccc(F)cc1)c1ccccc1. The maximum atomic E-state index is 13.0. The largest absolute Gasteiger partial charge is 0.277 e. The van der Waals surface area contributed by atoms with Crippen molar-refractivity contribution in [1.29, 1.82) is 0 Å². The second-order valence-electron chi connectivity index (χ2n) is 4.87. The molecule has 6 nitrogen and oxygen atoms in total. The van der Waals surface area contributed by atoms with Gasteiger partial charge in [-0.3, -0.25) is 5.10 Å². The molecule has 3 rings (SSSR count). The molecule has 0 amide bonds. The number of hydrazone groups is 1. The number of sulfonamides is 1. The first-order valence-corrected chi connectivity index (χ1v) is 8.44. The number of benzene rings is 2. The zero-order valence-corrected chi connectivity index (χ0v) is 13.2. The Morgan fingerprint density at radius 3 is 2.50 bits per heavy atom. The van der Waals surface area contributed by atoms with Gasteiger partial charge in [0.1, 0.15) is 5.82 Å². The van der Waals surface area contributed by atoms with Gasteiger partial charge in [-0.25, -0.2) is 9.22 Å². The number of rotatable bonds is 5. The normalized spacial score (nSPS) is 11.7. The fraction of sp³-hybridized carbons (Fsp3) is 0. The maximum Gasteiger partial charge on any atom is 0.276 e. The number of hydrogen-bond donors (Lipinski definition) is 2. The first-order chi connectivity index (χ1) is 11.6. The second kappa shape index (κ2) is 6.63. The Morgan fingerprint density at radius 1 is 1.08 bits per heavy atom. The van der Waals surface area contributed by atoms with E-state index in [1.165, 1.54) is 36.7 Å². The fourth-order valence-electron chi connectivity index (χ4n) is 2.06. The predicted molar refractivity (Wildman–Crippen MR) is 88.3 cm³/mol. The zero-order valence-electron chi connectivity index (χ0n) is 12.3. The lowest BCUT2D eigenvalue weighted by Crippen LogP contribution is -2.18. The van der Waals surface area contributed by atoms with E-state index in [0.717, 1.165) is 0 Å². The molecule has 24 heavy (non-hydrogen) atoms. The molecule has 0 spiro atoms. The highest BCUT2D eigenvalue weighted by Gasteiger charge is 2.11. The van der Waals surface area contributed by atoms with Gasteiger partial charge in [-0.05, 0) is 36.4 Å². The molecular formula is C16H13FN4O2S. The molecule has 0 aliphatic rings. The van der Waals surface area contributed by atoms with E-state index in [9.17, 15) is 12.8 Å². The summed E-state index contributed by atoms with van der Waals surface area (Å²) in [6, 6.07) is 13.8. The van der Waals surface area contributed by atoms with Crippen LogP contribution in [0, 0.1) is 5.82 Å². The highest BCUT2D eigenvalue weighted by atomic mass is 32.2. The van der Waals surface area contributed by atoms with Gasteiger partial charge < -0.3 is 0 Å². The van der Waals surface area contributed by atoms with E-state index in [4.69, 9.17) is 0 Å². The number of aromatic nitrogens is 2. The molecule has 0 radical (unpaired) electrons. The van der Waals surface area contributed by atoms with E-state index in [2.05, 4.69) is 20.1 Å². The quantitative estimate of drug-likeness (QED) is 0.551. The summed E-state index contributed by atoms with van der Waals surface area (Å²) >= 11 is 0. The van der Waals surface area contributed by atoms with E-state index in [0.29, 0.717) is 16.8 Å². The van der Waals surface area contributed by atoms with Gasteiger partial charge in [0.15, 0.2) is 0 Å². The van der Waals surface area contributed by atoms with Crippen molar-refractivity contribution in [3.8, 4) is 11.3 Å². The van der Waals surface area contributed by atoms with Crippen LogP contribution in [0.3, 0.4) is 0 Å². The van der Waals surface area contributed by atoms with Crippen molar-refractivity contribution in [2.75, 3.05) is 0 Å². The van der Waals surface area contributed by atoms with E-state index >= 15 is 0 Å². The van der Waals surface area contributed by atoms with E-state index in [1.54, 1.807) is 30.3 Å². The van der Waals surface area contributed by atoms with Crippen molar-refractivity contribution in [2.45, 2.75) is 4.90 Å². The van der Waals surface area contributed by atoms with Crippen LogP contribution < -0.4 is 4.83 Å². The van der Waals surface area contributed by atoms with Crippen molar-refractivity contribution in [1.82, 2.24) is 15.0 Å². The van der Waals surface area contributed by atoms with Crippen molar-refractivity contribution in [2.24, 2.45) is 5.10 Å². The highest BCUT2D eigenvalue weighted by molar-refractivity contribution is 7.89. The molecule has 2 aromatic carbocycles. The van der Waals surface area contributed by atoms with Gasteiger partial charge in [-0.1, -0.05) is 18.2 Å². The lowest BCUT2D eigenvalue weighted by molar-refractivity contribution is 0.584. The number of H-pyrrole nitrogens is 1. The summed E-state index contributed by atoms with van der Waals surface area (Å²) in [4.78, 5) is 2.26. The number of hydrogen-bond acceptors (Lipinski definition) is 4. The van der Waals surface area contributed by atoms with Crippen LogP contribution in [-0.2, 0) is 10.0 Å². The Labute approximate surface area is 138 Å². The van der Waals surface area contributed by atoms with Gasteiger partial charge in [0.2, 0.25) is 0 Å². The molecule has 2 N–H and O–H groups in total. The van der Waals surface area contributed by atoms with Crippen molar-refractivity contribution >= 4 is 16.2 Å². The van der Waals surface area contributed by atoms with Crippen LogP contribution in [0.2, 0.25) is 0 Å². The molecule has 1 aromatic heterocycles. The van der Waals surface area contributed by atoms with Gasteiger partial charge in [0, 0.05) is 11.1 Å². The maximum absolute atomic E-state index is 13.0. The summed E-state index contributed by atoms with van der Waals surface area (Å²) in [5.74, 6) is -0.343. The van der Waals surface area contributed by atoms with Crippen LogP contribution in [0.1, 0.15) is 5.56 Å². The summed E-state index contributed by atoms with van der Waals surface area (Å²) in [6.07, 6.45) is 2.84. The molecule has 8 heteroatoms. The van der Waals surface area contributed by atoms with Gasteiger partial charge in [0.25, 0.3) is 10.0 Å². The Balaban J connectivity index is 1.79. The molecular weight excluding hydrogens is 331 g/mol. The summed E-state index contributed by atoms with van der Waals surface area (Å²) in [6.45, 7) is 0. The summed E-state index contributed by atoms with van der Waals surface area (Å²) in [5.41, 5.74) is 1.89. The molecule has 0 saturated carbocycles. The molecule has 122 valence electrons. The molecule has 0 aliphatic carbocycles. The minimum absolute atomic E-state index is 0.119. The van der Waals surface area contributed by atoms with Crippen molar-refractivity contribution in [3.63, 3.8) is 0 Å². The average molecular weight is 344 g/mol. The van der Waals surface area contributed by atoms with E-state index < -0.39 is 10.0 Å². The molecule has 3 aromatic rings. The standard InChI is InChI=1S/C16H13FN4O2S/c17-14-8-6-12(7-9-14)16-13(10-18-20-16)11-19-21-24(22,23)15-4-2-1-3-5-15/h1-11,21H,(H,18,20)/b19-11-. The molecule has 0 unspecified atom stereocenters. The molecule has 0 fully saturated rings. The summed E-state index contributed by atoms with van der Waals surface area (Å²) in [5, 5.41) is 10.5. The Kier molecular flexibility index (Phi) is 4.39. The van der Waals surface area contributed by atoms with Gasteiger partial charge >= 0.3 is 0 Å². The number of nitrogens with zero attached hydrogens (tertiary/aromatic N) is 2. The minimum atomic E-state index is -3.72. The third-order valence-corrected chi connectivity index (χ3v) is 4.47. The van der Waals surface area contributed by atoms with Gasteiger partial charge in [-0.15, -0.1) is 0 Å². The zero-order chi connectivity index (χ0) is 17.0. The number of nitrogens with one attached hydrogen (secondary N) is 2. The van der Waals surface area contributed by atoms with Gasteiger partial charge in [-0.2, -0.15) is 18.6 Å².